The van der Waals surface area contributed by atoms with Crippen molar-refractivity contribution in [2.75, 3.05) is 20.7 Å². The van der Waals surface area contributed by atoms with Crippen LogP contribution in [0, 0.1) is 6.92 Å². The van der Waals surface area contributed by atoms with Gasteiger partial charge in [0.1, 0.15) is 5.75 Å². The maximum absolute atomic E-state index is 12.1. The minimum Gasteiger partial charge on any atom is -0.496 e. The predicted molar refractivity (Wildman–Crippen MR) is 66.7 cm³/mol. The summed E-state index contributed by atoms with van der Waals surface area (Å²) in [4.78, 5) is 10.9. The number of nitrogens with zero attached hydrogens (tertiary/aromatic N) is 1. The Morgan fingerprint density at radius 3 is 2.50 bits per heavy atom. The first-order valence-corrected chi connectivity index (χ1v) is 6.62. The van der Waals surface area contributed by atoms with Crippen molar-refractivity contribution >= 4 is 15.9 Å². The summed E-state index contributed by atoms with van der Waals surface area (Å²) in [6.07, 6.45) is 0. The fourth-order valence-electron chi connectivity index (χ4n) is 1.50. The Labute approximate surface area is 106 Å². The van der Waals surface area contributed by atoms with Crippen molar-refractivity contribution < 1.29 is 17.9 Å². The number of carbonyl (C=O) groups excluding carboxylic acids is 1. The molecule has 0 aliphatic rings. The molecule has 0 spiro atoms. The van der Waals surface area contributed by atoms with Crippen molar-refractivity contribution in [3.05, 3.63) is 23.8 Å². The molecule has 0 heterocycles. The van der Waals surface area contributed by atoms with E-state index in [-0.39, 0.29) is 11.4 Å². The van der Waals surface area contributed by atoms with Crippen molar-refractivity contribution in [2.24, 2.45) is 5.73 Å². The van der Waals surface area contributed by atoms with Crippen molar-refractivity contribution in [1.29, 1.82) is 0 Å². The summed E-state index contributed by atoms with van der Waals surface area (Å²) in [7, 11) is -0.890. The molecule has 6 nitrogen and oxygen atoms in total. The van der Waals surface area contributed by atoms with Gasteiger partial charge in [-0.2, -0.15) is 4.31 Å². The van der Waals surface area contributed by atoms with Crippen LogP contribution in [0.2, 0.25) is 0 Å². The molecule has 0 saturated heterocycles. The van der Waals surface area contributed by atoms with Gasteiger partial charge >= 0.3 is 0 Å². The van der Waals surface area contributed by atoms with Crippen molar-refractivity contribution in [2.45, 2.75) is 11.8 Å². The van der Waals surface area contributed by atoms with Gasteiger partial charge in [-0.05, 0) is 30.7 Å². The van der Waals surface area contributed by atoms with E-state index >= 15 is 0 Å². The monoisotopic (exact) mass is 272 g/mol. The Morgan fingerprint density at radius 1 is 1.44 bits per heavy atom. The zero-order valence-corrected chi connectivity index (χ0v) is 11.3. The Morgan fingerprint density at radius 2 is 2.06 bits per heavy atom. The van der Waals surface area contributed by atoms with Gasteiger partial charge in [-0.1, -0.05) is 0 Å². The fourth-order valence-corrected chi connectivity index (χ4v) is 2.72. The summed E-state index contributed by atoms with van der Waals surface area (Å²) >= 11 is 0. The van der Waals surface area contributed by atoms with Crippen LogP contribution in [-0.4, -0.2) is 39.3 Å². The van der Waals surface area contributed by atoms with E-state index in [4.69, 9.17) is 10.5 Å². The van der Waals surface area contributed by atoms with E-state index in [2.05, 4.69) is 0 Å². The SMILES string of the molecule is COc1ccc(S(=O)(=O)N(C)CC(N)=O)cc1C. The third kappa shape index (κ3) is 2.99. The molecule has 18 heavy (non-hydrogen) atoms. The summed E-state index contributed by atoms with van der Waals surface area (Å²) in [6, 6.07) is 4.49. The molecule has 0 fully saturated rings. The number of primary amides is 1. The summed E-state index contributed by atoms with van der Waals surface area (Å²) in [5.41, 5.74) is 5.68. The normalized spacial score (nSPS) is 11.6. The molecule has 1 aromatic carbocycles. The number of benzene rings is 1. The molecule has 0 aromatic heterocycles. The molecule has 7 heteroatoms. The van der Waals surface area contributed by atoms with E-state index in [1.54, 1.807) is 13.0 Å². The van der Waals surface area contributed by atoms with Crippen LogP contribution in [0.15, 0.2) is 23.1 Å². The average molecular weight is 272 g/mol. The highest BCUT2D eigenvalue weighted by Crippen LogP contribution is 2.22. The summed E-state index contributed by atoms with van der Waals surface area (Å²) in [5.74, 6) is -0.0992. The molecule has 0 atom stereocenters. The number of amides is 1. The standard InChI is InChI=1S/C11H16N2O4S/c1-8-6-9(4-5-10(8)17-3)18(15,16)13(2)7-11(12)14/h4-6H,7H2,1-3H3,(H2,12,14). The van der Waals surface area contributed by atoms with Crippen molar-refractivity contribution in [3.8, 4) is 5.75 Å². The van der Waals surface area contributed by atoms with E-state index in [9.17, 15) is 13.2 Å². The summed E-state index contributed by atoms with van der Waals surface area (Å²) < 4.78 is 30.2. The average Bonchev–Trinajstić information content (AvgIpc) is 2.27. The van der Waals surface area contributed by atoms with Crippen LogP contribution in [0.1, 0.15) is 5.56 Å². The Kier molecular flexibility index (Phi) is 4.31. The topological polar surface area (TPSA) is 89.7 Å². The lowest BCUT2D eigenvalue weighted by Crippen LogP contribution is -2.35. The largest absolute Gasteiger partial charge is 0.496 e. The van der Waals surface area contributed by atoms with Crippen LogP contribution in [0.25, 0.3) is 0 Å². The molecule has 0 aliphatic heterocycles. The minimum atomic E-state index is -3.70. The number of hydrogen-bond acceptors (Lipinski definition) is 4. The van der Waals surface area contributed by atoms with Crippen LogP contribution in [0.4, 0.5) is 0 Å². The number of aryl methyl sites for hydroxylation is 1. The molecular formula is C11H16N2O4S. The molecule has 1 rings (SSSR count). The molecule has 0 radical (unpaired) electrons. The van der Waals surface area contributed by atoms with E-state index in [0.29, 0.717) is 11.3 Å². The van der Waals surface area contributed by atoms with E-state index in [0.717, 1.165) is 4.31 Å². The number of sulfonamides is 1. The van der Waals surface area contributed by atoms with Crippen molar-refractivity contribution in [1.82, 2.24) is 4.31 Å². The van der Waals surface area contributed by atoms with Gasteiger partial charge in [-0.15, -0.1) is 0 Å². The number of nitrogens with two attached hydrogens (primary N) is 1. The number of likely N-dealkylation sites (N-methyl/N-ethyl adjacent to an activating group) is 1. The Hall–Kier alpha value is -1.60. The second kappa shape index (κ2) is 5.36. The van der Waals surface area contributed by atoms with Gasteiger partial charge in [0, 0.05) is 7.05 Å². The number of carbonyl (C=O) groups is 1. The molecular weight excluding hydrogens is 256 g/mol. The zero-order valence-electron chi connectivity index (χ0n) is 10.5. The first kappa shape index (κ1) is 14.5. The third-order valence-corrected chi connectivity index (χ3v) is 4.25. The molecule has 100 valence electrons. The lowest BCUT2D eigenvalue weighted by molar-refractivity contribution is -0.118. The molecule has 0 aliphatic carbocycles. The maximum Gasteiger partial charge on any atom is 0.243 e. The van der Waals surface area contributed by atoms with Gasteiger partial charge in [-0.3, -0.25) is 4.79 Å². The van der Waals surface area contributed by atoms with Gasteiger partial charge in [0.25, 0.3) is 0 Å². The number of methoxy groups -OCH3 is 1. The number of ether oxygens (including phenoxy) is 1. The predicted octanol–water partition coefficient (Wildman–Crippen LogP) is 0.109. The van der Waals surface area contributed by atoms with Gasteiger partial charge in [0.15, 0.2) is 0 Å². The highest BCUT2D eigenvalue weighted by molar-refractivity contribution is 7.89. The van der Waals surface area contributed by atoms with Gasteiger partial charge in [0.05, 0.1) is 18.6 Å². The van der Waals surface area contributed by atoms with Crippen LogP contribution in [-0.2, 0) is 14.8 Å². The molecule has 1 amide bonds. The van der Waals surface area contributed by atoms with Crippen LogP contribution < -0.4 is 10.5 Å². The summed E-state index contributed by atoms with van der Waals surface area (Å²) in [5, 5.41) is 0. The highest BCUT2D eigenvalue weighted by atomic mass is 32.2. The van der Waals surface area contributed by atoms with Crippen LogP contribution in [0.5, 0.6) is 5.75 Å². The fraction of sp³-hybridized carbons (Fsp3) is 0.364. The molecule has 0 bridgehead atoms. The van der Waals surface area contributed by atoms with Crippen LogP contribution >= 0.6 is 0 Å². The quantitative estimate of drug-likeness (QED) is 0.823. The van der Waals surface area contributed by atoms with Gasteiger partial charge in [0.2, 0.25) is 15.9 Å². The minimum absolute atomic E-state index is 0.101. The first-order chi connectivity index (χ1) is 8.28. The highest BCUT2D eigenvalue weighted by Gasteiger charge is 2.22. The first-order valence-electron chi connectivity index (χ1n) is 5.18. The van der Waals surface area contributed by atoms with Crippen LogP contribution in [0.3, 0.4) is 0 Å². The molecule has 0 unspecified atom stereocenters. The third-order valence-electron chi connectivity index (χ3n) is 2.45. The molecule has 0 saturated carbocycles. The van der Waals surface area contributed by atoms with E-state index in [1.165, 1.54) is 26.3 Å². The van der Waals surface area contributed by atoms with Gasteiger partial charge < -0.3 is 10.5 Å². The molecule has 2 N–H and O–H groups in total. The maximum atomic E-state index is 12.1. The molecule has 1 aromatic rings. The smallest absolute Gasteiger partial charge is 0.243 e. The lowest BCUT2D eigenvalue weighted by atomic mass is 10.2. The van der Waals surface area contributed by atoms with E-state index in [1.807, 2.05) is 0 Å². The van der Waals surface area contributed by atoms with Gasteiger partial charge in [-0.25, -0.2) is 8.42 Å². The number of hydrogen-bond donors (Lipinski definition) is 1. The Balaban J connectivity index is 3.13. The Bertz CT molecular complexity index is 554. The van der Waals surface area contributed by atoms with E-state index < -0.39 is 15.9 Å². The number of rotatable bonds is 5. The lowest BCUT2D eigenvalue weighted by Gasteiger charge is -2.16. The second-order valence-corrected chi connectivity index (χ2v) is 5.90. The zero-order chi connectivity index (χ0) is 13.9. The summed E-state index contributed by atoms with van der Waals surface area (Å²) in [6.45, 7) is 1.39. The second-order valence-electron chi connectivity index (χ2n) is 3.86. The van der Waals surface area contributed by atoms with Crippen molar-refractivity contribution in [3.63, 3.8) is 0 Å².